The van der Waals surface area contributed by atoms with Crippen molar-refractivity contribution in [1.82, 2.24) is 0 Å². The molecule has 0 spiro atoms. The summed E-state index contributed by atoms with van der Waals surface area (Å²) in [5, 5.41) is 0. The first-order chi connectivity index (χ1) is 6.77. The van der Waals surface area contributed by atoms with Crippen LogP contribution in [-0.4, -0.2) is 18.5 Å². The normalized spacial score (nSPS) is 11.1. The van der Waals surface area contributed by atoms with Crippen LogP contribution in [0, 0.1) is 0 Å². The van der Waals surface area contributed by atoms with E-state index in [2.05, 4.69) is 26.5 Å². The third-order valence-electron chi connectivity index (χ3n) is 2.25. The highest BCUT2D eigenvalue weighted by molar-refractivity contribution is 7.80. The zero-order valence-corrected chi connectivity index (χ0v) is 10.7. The molecule has 0 saturated carbocycles. The summed E-state index contributed by atoms with van der Waals surface area (Å²) in [6, 6.07) is 0. The van der Waals surface area contributed by atoms with Crippen molar-refractivity contribution in [3.8, 4) is 0 Å². The van der Waals surface area contributed by atoms with Crippen molar-refractivity contribution in [2.75, 3.05) is 12.4 Å². The summed E-state index contributed by atoms with van der Waals surface area (Å²) in [6.45, 7) is 5.13. The molecule has 0 amide bonds. The number of ether oxygens (including phenoxy) is 1. The molecule has 0 atom stereocenters. The van der Waals surface area contributed by atoms with Gasteiger partial charge in [0.05, 0.1) is 6.10 Å². The van der Waals surface area contributed by atoms with Crippen molar-refractivity contribution in [3.05, 3.63) is 0 Å². The van der Waals surface area contributed by atoms with Gasteiger partial charge in [-0.3, -0.25) is 0 Å². The Kier molecular flexibility index (Phi) is 11.6. The van der Waals surface area contributed by atoms with E-state index in [1.54, 1.807) is 0 Å². The molecule has 0 heterocycles. The van der Waals surface area contributed by atoms with E-state index in [0.29, 0.717) is 6.10 Å². The molecular weight excluding hydrogens is 192 g/mol. The van der Waals surface area contributed by atoms with Crippen LogP contribution in [0.2, 0.25) is 0 Å². The Bertz CT molecular complexity index is 104. The van der Waals surface area contributed by atoms with E-state index < -0.39 is 0 Å². The van der Waals surface area contributed by atoms with Crippen LogP contribution in [0.4, 0.5) is 0 Å². The van der Waals surface area contributed by atoms with Gasteiger partial charge in [0.1, 0.15) is 0 Å². The maximum atomic E-state index is 5.48. The van der Waals surface area contributed by atoms with Crippen molar-refractivity contribution >= 4 is 12.6 Å². The lowest BCUT2D eigenvalue weighted by molar-refractivity contribution is 0.0757. The van der Waals surface area contributed by atoms with Crippen LogP contribution in [0.3, 0.4) is 0 Å². The van der Waals surface area contributed by atoms with Gasteiger partial charge in [-0.1, -0.05) is 32.1 Å². The Hall–Kier alpha value is 0.310. The second-order valence-electron chi connectivity index (χ2n) is 4.12. The highest BCUT2D eigenvalue weighted by Crippen LogP contribution is 2.07. The fourth-order valence-corrected chi connectivity index (χ4v) is 1.64. The summed E-state index contributed by atoms with van der Waals surface area (Å²) in [7, 11) is 0. The average Bonchev–Trinajstić information content (AvgIpc) is 2.15. The second kappa shape index (κ2) is 11.4. The molecule has 0 aromatic rings. The molecular formula is C12H26OS. The predicted octanol–water partition coefficient (Wildman–Crippen LogP) is 4.07. The Morgan fingerprint density at radius 3 is 1.86 bits per heavy atom. The molecule has 1 nitrogen and oxygen atoms in total. The largest absolute Gasteiger partial charge is 0.379 e. The lowest BCUT2D eigenvalue weighted by Crippen LogP contribution is -2.03. The van der Waals surface area contributed by atoms with Gasteiger partial charge < -0.3 is 4.74 Å². The van der Waals surface area contributed by atoms with Crippen LogP contribution in [0.15, 0.2) is 0 Å². The second-order valence-corrected chi connectivity index (χ2v) is 4.57. The van der Waals surface area contributed by atoms with Gasteiger partial charge in [-0.05, 0) is 32.4 Å². The fourth-order valence-electron chi connectivity index (χ4n) is 1.42. The van der Waals surface area contributed by atoms with E-state index in [0.717, 1.165) is 12.4 Å². The van der Waals surface area contributed by atoms with E-state index in [9.17, 15) is 0 Å². The minimum absolute atomic E-state index is 0.394. The molecule has 0 aliphatic rings. The highest BCUT2D eigenvalue weighted by Gasteiger charge is 1.94. The topological polar surface area (TPSA) is 9.23 Å². The minimum atomic E-state index is 0.394. The summed E-state index contributed by atoms with van der Waals surface area (Å²) in [4.78, 5) is 0. The highest BCUT2D eigenvalue weighted by atomic mass is 32.1. The van der Waals surface area contributed by atoms with Crippen LogP contribution in [-0.2, 0) is 4.74 Å². The van der Waals surface area contributed by atoms with E-state index in [-0.39, 0.29) is 0 Å². The van der Waals surface area contributed by atoms with E-state index in [1.807, 2.05) is 0 Å². The smallest absolute Gasteiger partial charge is 0.0518 e. The van der Waals surface area contributed by atoms with Crippen molar-refractivity contribution in [2.45, 2.75) is 64.9 Å². The predicted molar refractivity (Wildman–Crippen MR) is 67.3 cm³/mol. The van der Waals surface area contributed by atoms with Crippen LogP contribution in [0.25, 0.3) is 0 Å². The SMILES string of the molecule is CC(C)OCCCCCCCCCS. The number of hydrogen-bond donors (Lipinski definition) is 1. The van der Waals surface area contributed by atoms with Gasteiger partial charge in [-0.25, -0.2) is 0 Å². The van der Waals surface area contributed by atoms with Crippen molar-refractivity contribution in [2.24, 2.45) is 0 Å². The average molecular weight is 218 g/mol. The van der Waals surface area contributed by atoms with Crippen LogP contribution in [0.5, 0.6) is 0 Å². The van der Waals surface area contributed by atoms with E-state index >= 15 is 0 Å². The number of unbranched alkanes of at least 4 members (excludes halogenated alkanes) is 6. The molecule has 86 valence electrons. The lowest BCUT2D eigenvalue weighted by atomic mass is 10.1. The molecule has 0 radical (unpaired) electrons. The summed E-state index contributed by atoms with van der Waals surface area (Å²) in [5.41, 5.74) is 0. The van der Waals surface area contributed by atoms with Crippen LogP contribution < -0.4 is 0 Å². The molecule has 14 heavy (non-hydrogen) atoms. The minimum Gasteiger partial charge on any atom is -0.379 e. The van der Waals surface area contributed by atoms with Crippen LogP contribution in [0.1, 0.15) is 58.8 Å². The zero-order chi connectivity index (χ0) is 10.6. The molecule has 0 fully saturated rings. The van der Waals surface area contributed by atoms with Gasteiger partial charge in [0.25, 0.3) is 0 Å². The lowest BCUT2D eigenvalue weighted by Gasteiger charge is -2.06. The van der Waals surface area contributed by atoms with Crippen molar-refractivity contribution in [3.63, 3.8) is 0 Å². The standard InChI is InChI=1S/C12H26OS/c1-12(2)13-10-8-6-4-3-5-7-9-11-14/h12,14H,3-11H2,1-2H3. The van der Waals surface area contributed by atoms with Gasteiger partial charge in [0.2, 0.25) is 0 Å². The molecule has 0 aliphatic heterocycles. The van der Waals surface area contributed by atoms with E-state index in [4.69, 9.17) is 4.74 Å². The third-order valence-corrected chi connectivity index (χ3v) is 2.57. The quantitative estimate of drug-likeness (QED) is 0.429. The number of rotatable bonds is 10. The summed E-state index contributed by atoms with van der Waals surface area (Å²) in [5.74, 6) is 1.04. The third kappa shape index (κ3) is 12.3. The van der Waals surface area contributed by atoms with E-state index in [1.165, 1.54) is 44.9 Å². The van der Waals surface area contributed by atoms with Gasteiger partial charge in [0, 0.05) is 6.61 Å². The monoisotopic (exact) mass is 218 g/mol. The zero-order valence-electron chi connectivity index (χ0n) is 9.80. The Balaban J connectivity index is 2.85. The van der Waals surface area contributed by atoms with Gasteiger partial charge in [-0.2, -0.15) is 12.6 Å². The number of thiol groups is 1. The molecule has 0 bridgehead atoms. The Labute approximate surface area is 95.0 Å². The first-order valence-electron chi connectivity index (χ1n) is 6.00. The molecule has 0 saturated heterocycles. The van der Waals surface area contributed by atoms with Gasteiger partial charge >= 0.3 is 0 Å². The van der Waals surface area contributed by atoms with Crippen molar-refractivity contribution in [1.29, 1.82) is 0 Å². The maximum absolute atomic E-state index is 5.48. The van der Waals surface area contributed by atoms with Gasteiger partial charge in [-0.15, -0.1) is 0 Å². The molecule has 0 N–H and O–H groups in total. The summed E-state index contributed by atoms with van der Waals surface area (Å²) in [6.07, 6.45) is 9.71. The van der Waals surface area contributed by atoms with Gasteiger partial charge in [0.15, 0.2) is 0 Å². The first kappa shape index (κ1) is 14.3. The molecule has 0 rings (SSSR count). The molecule has 0 aromatic carbocycles. The number of hydrogen-bond acceptors (Lipinski definition) is 2. The van der Waals surface area contributed by atoms with Crippen molar-refractivity contribution < 1.29 is 4.74 Å². The molecule has 0 aliphatic carbocycles. The molecule has 0 unspecified atom stereocenters. The molecule has 0 aromatic heterocycles. The molecule has 2 heteroatoms. The fraction of sp³-hybridized carbons (Fsp3) is 1.00. The Morgan fingerprint density at radius 2 is 1.36 bits per heavy atom. The Morgan fingerprint density at radius 1 is 0.857 bits per heavy atom. The maximum Gasteiger partial charge on any atom is 0.0518 e. The summed E-state index contributed by atoms with van der Waals surface area (Å²) >= 11 is 4.19. The first-order valence-corrected chi connectivity index (χ1v) is 6.63. The summed E-state index contributed by atoms with van der Waals surface area (Å²) < 4.78 is 5.48. The van der Waals surface area contributed by atoms with Crippen LogP contribution >= 0.6 is 12.6 Å².